The Balaban J connectivity index is 0.00000210. The van der Waals surface area contributed by atoms with Gasteiger partial charge in [-0.2, -0.15) is 5.10 Å². The van der Waals surface area contributed by atoms with Crippen LogP contribution in [0.15, 0.2) is 30.5 Å². The summed E-state index contributed by atoms with van der Waals surface area (Å²) in [5.74, 6) is 0.224. The highest BCUT2D eigenvalue weighted by atomic mass is 35.5. The van der Waals surface area contributed by atoms with Crippen LogP contribution >= 0.6 is 12.4 Å². The molecule has 0 saturated carbocycles. The predicted octanol–water partition coefficient (Wildman–Crippen LogP) is 3.74. The average molecular weight is 389 g/mol. The summed E-state index contributed by atoms with van der Waals surface area (Å²) >= 11 is 0. The molecule has 2 atom stereocenters. The number of carbonyl (C=O) groups excluding carboxylic acids is 1. The Bertz CT molecular complexity index is 787. The number of benzene rings is 1. The van der Waals surface area contributed by atoms with E-state index in [0.717, 1.165) is 24.2 Å². The van der Waals surface area contributed by atoms with Crippen molar-refractivity contribution in [3.8, 4) is 5.69 Å². The first-order valence-corrected chi connectivity index (χ1v) is 9.73. The normalized spacial score (nSPS) is 23.9. The van der Waals surface area contributed by atoms with E-state index in [1.807, 2.05) is 4.68 Å². The van der Waals surface area contributed by atoms with E-state index in [1.165, 1.54) is 18.4 Å². The molecule has 2 unspecified atom stereocenters. The van der Waals surface area contributed by atoms with Crippen LogP contribution in [-0.2, 0) is 0 Å². The summed E-state index contributed by atoms with van der Waals surface area (Å²) in [7, 11) is 0. The lowest BCUT2D eigenvalue weighted by Crippen LogP contribution is -2.48. The first-order chi connectivity index (χ1) is 12.5. The van der Waals surface area contributed by atoms with Crippen molar-refractivity contribution >= 4 is 18.3 Å². The van der Waals surface area contributed by atoms with Gasteiger partial charge in [0.05, 0.1) is 23.1 Å². The van der Waals surface area contributed by atoms with E-state index in [-0.39, 0.29) is 30.3 Å². The van der Waals surface area contributed by atoms with E-state index >= 15 is 0 Å². The third-order valence-electron chi connectivity index (χ3n) is 5.68. The Kier molecular flexibility index (Phi) is 5.92. The van der Waals surface area contributed by atoms with E-state index in [0.29, 0.717) is 17.6 Å². The summed E-state index contributed by atoms with van der Waals surface area (Å²) in [4.78, 5) is 13.0. The quantitative estimate of drug-likeness (QED) is 0.838. The molecular weight excluding hydrogens is 360 g/mol. The van der Waals surface area contributed by atoms with Crippen LogP contribution in [0, 0.1) is 6.92 Å². The second kappa shape index (κ2) is 8.03. The Morgan fingerprint density at radius 2 is 1.81 bits per heavy atom. The molecule has 2 aliphatic rings. The van der Waals surface area contributed by atoms with Crippen LogP contribution < -0.4 is 10.6 Å². The minimum absolute atomic E-state index is 0. The zero-order chi connectivity index (χ0) is 18.3. The van der Waals surface area contributed by atoms with Crippen molar-refractivity contribution in [1.29, 1.82) is 0 Å². The summed E-state index contributed by atoms with van der Waals surface area (Å²) in [5, 5.41) is 11.4. The molecule has 2 bridgehead atoms. The Morgan fingerprint density at radius 3 is 2.41 bits per heavy atom. The summed E-state index contributed by atoms with van der Waals surface area (Å²) in [6.07, 6.45) is 6.26. The van der Waals surface area contributed by atoms with Crippen LogP contribution in [0.25, 0.3) is 5.69 Å². The van der Waals surface area contributed by atoms with Crippen molar-refractivity contribution in [2.75, 3.05) is 0 Å². The lowest BCUT2D eigenvalue weighted by atomic mass is 9.98. The molecule has 27 heavy (non-hydrogen) atoms. The van der Waals surface area contributed by atoms with Crippen molar-refractivity contribution in [2.24, 2.45) is 0 Å². The smallest absolute Gasteiger partial charge is 0.255 e. The molecule has 4 rings (SSSR count). The number of nitrogens with zero attached hydrogens (tertiary/aromatic N) is 2. The van der Waals surface area contributed by atoms with Gasteiger partial charge < -0.3 is 10.6 Å². The summed E-state index contributed by atoms with van der Waals surface area (Å²) in [5.41, 5.74) is 3.89. The first-order valence-electron chi connectivity index (χ1n) is 9.73. The van der Waals surface area contributed by atoms with Gasteiger partial charge >= 0.3 is 0 Å². The van der Waals surface area contributed by atoms with Crippen molar-refractivity contribution < 1.29 is 4.79 Å². The molecule has 2 saturated heterocycles. The molecule has 5 nitrogen and oxygen atoms in total. The van der Waals surface area contributed by atoms with Gasteiger partial charge in [-0.1, -0.05) is 31.5 Å². The van der Waals surface area contributed by atoms with E-state index in [4.69, 9.17) is 0 Å². The molecule has 0 radical (unpaired) electrons. The van der Waals surface area contributed by atoms with Crippen molar-refractivity contribution in [3.63, 3.8) is 0 Å². The number of aromatic nitrogens is 2. The van der Waals surface area contributed by atoms with E-state index in [9.17, 15) is 4.79 Å². The van der Waals surface area contributed by atoms with Gasteiger partial charge in [0.25, 0.3) is 5.91 Å². The van der Waals surface area contributed by atoms with Gasteiger partial charge in [0, 0.05) is 18.1 Å². The average Bonchev–Trinajstić information content (AvgIpc) is 3.19. The SMILES string of the molecule is Cc1ccc(-n2ncc(C(=O)NC3CC4CCC(C3)N4)c2C(C)C)cc1.Cl. The maximum Gasteiger partial charge on any atom is 0.255 e. The van der Waals surface area contributed by atoms with Gasteiger partial charge in [0.2, 0.25) is 0 Å². The lowest BCUT2D eigenvalue weighted by molar-refractivity contribution is 0.0922. The largest absolute Gasteiger partial charge is 0.349 e. The maximum atomic E-state index is 13.0. The molecule has 2 aromatic rings. The Morgan fingerprint density at radius 1 is 1.19 bits per heavy atom. The van der Waals surface area contributed by atoms with E-state index in [1.54, 1.807) is 6.20 Å². The number of hydrogen-bond acceptors (Lipinski definition) is 3. The number of halogens is 1. The van der Waals surface area contributed by atoms with Crippen LogP contribution in [0.1, 0.15) is 67.1 Å². The molecule has 1 amide bonds. The predicted molar refractivity (Wildman–Crippen MR) is 110 cm³/mol. The Labute approximate surface area is 167 Å². The monoisotopic (exact) mass is 388 g/mol. The van der Waals surface area contributed by atoms with Crippen molar-refractivity contribution in [1.82, 2.24) is 20.4 Å². The zero-order valence-electron chi connectivity index (χ0n) is 16.2. The molecule has 1 aromatic heterocycles. The fraction of sp³-hybridized carbons (Fsp3) is 0.524. The number of amides is 1. The third kappa shape index (κ3) is 4.04. The molecule has 2 fully saturated rings. The third-order valence-corrected chi connectivity index (χ3v) is 5.68. The fourth-order valence-electron chi connectivity index (χ4n) is 4.42. The highest BCUT2D eigenvalue weighted by Crippen LogP contribution is 2.28. The van der Waals surface area contributed by atoms with Gasteiger partial charge in [-0.15, -0.1) is 12.4 Å². The molecule has 0 aliphatic carbocycles. The summed E-state index contributed by atoms with van der Waals surface area (Å²) in [6.45, 7) is 6.30. The van der Waals surface area contributed by atoms with Crippen LogP contribution in [0.3, 0.4) is 0 Å². The number of carbonyl (C=O) groups is 1. The zero-order valence-corrected chi connectivity index (χ0v) is 17.1. The summed E-state index contributed by atoms with van der Waals surface area (Å²) < 4.78 is 1.91. The second-order valence-electron chi connectivity index (χ2n) is 8.13. The molecule has 3 heterocycles. The molecular formula is C21H29ClN4O. The van der Waals surface area contributed by atoms with Gasteiger partial charge in [-0.3, -0.25) is 4.79 Å². The van der Waals surface area contributed by atoms with Gasteiger partial charge in [0.15, 0.2) is 0 Å². The molecule has 2 aliphatic heterocycles. The highest BCUT2D eigenvalue weighted by Gasteiger charge is 2.34. The first kappa shape index (κ1) is 19.9. The highest BCUT2D eigenvalue weighted by molar-refractivity contribution is 5.95. The van der Waals surface area contributed by atoms with Crippen LogP contribution in [0.2, 0.25) is 0 Å². The maximum absolute atomic E-state index is 13.0. The van der Waals surface area contributed by atoms with Gasteiger partial charge in [0.1, 0.15) is 0 Å². The van der Waals surface area contributed by atoms with Crippen molar-refractivity contribution in [3.05, 3.63) is 47.3 Å². The van der Waals surface area contributed by atoms with Gasteiger partial charge in [-0.25, -0.2) is 4.68 Å². The second-order valence-corrected chi connectivity index (χ2v) is 8.13. The minimum atomic E-state index is 0. The van der Waals surface area contributed by atoms with Crippen LogP contribution in [0.5, 0.6) is 0 Å². The fourth-order valence-corrected chi connectivity index (χ4v) is 4.42. The Hall–Kier alpha value is -1.85. The molecule has 146 valence electrons. The number of piperidine rings is 1. The molecule has 0 spiro atoms. The molecule has 1 aromatic carbocycles. The number of nitrogens with one attached hydrogen (secondary N) is 2. The molecule has 2 N–H and O–H groups in total. The lowest BCUT2D eigenvalue weighted by Gasteiger charge is -2.29. The molecule has 6 heteroatoms. The minimum Gasteiger partial charge on any atom is -0.349 e. The number of fused-ring (bicyclic) bond motifs is 2. The van der Waals surface area contributed by atoms with Crippen LogP contribution in [-0.4, -0.2) is 33.8 Å². The number of aryl methyl sites for hydroxylation is 1. The van der Waals surface area contributed by atoms with E-state index in [2.05, 4.69) is 60.8 Å². The number of hydrogen-bond donors (Lipinski definition) is 2. The topological polar surface area (TPSA) is 59.0 Å². The van der Waals surface area contributed by atoms with Crippen molar-refractivity contribution in [2.45, 2.75) is 70.5 Å². The number of rotatable bonds is 4. The van der Waals surface area contributed by atoms with E-state index < -0.39 is 0 Å². The van der Waals surface area contributed by atoms with Gasteiger partial charge in [-0.05, 0) is 50.7 Å². The van der Waals surface area contributed by atoms with Crippen LogP contribution in [0.4, 0.5) is 0 Å². The summed E-state index contributed by atoms with van der Waals surface area (Å²) in [6, 6.07) is 9.67. The standard InChI is InChI=1S/C21H28N4O.ClH/c1-13(2)20-19(12-22-25(20)18-8-4-14(3)5-9-18)21(26)24-17-10-15-6-7-16(11-17)23-15;/h4-5,8-9,12-13,15-17,23H,6-7,10-11H2,1-3H3,(H,24,26);1H.